The van der Waals surface area contributed by atoms with E-state index >= 15 is 0 Å². The van der Waals surface area contributed by atoms with Gasteiger partial charge in [-0.3, -0.25) is 9.78 Å². The number of aldehydes is 1. The van der Waals surface area contributed by atoms with E-state index in [1.54, 1.807) is 12.4 Å². The van der Waals surface area contributed by atoms with Gasteiger partial charge in [0.2, 0.25) is 0 Å². The first-order chi connectivity index (χ1) is 7.78. The van der Waals surface area contributed by atoms with Gasteiger partial charge in [-0.05, 0) is 35.7 Å². The third-order valence-corrected chi connectivity index (χ3v) is 2.48. The van der Waals surface area contributed by atoms with E-state index in [4.69, 9.17) is 11.6 Å². The molecule has 0 spiro atoms. The van der Waals surface area contributed by atoms with Gasteiger partial charge in [-0.25, -0.2) is 0 Å². The lowest BCUT2D eigenvalue weighted by molar-refractivity contribution is 0.112. The summed E-state index contributed by atoms with van der Waals surface area (Å²) in [7, 11) is 0. The summed E-state index contributed by atoms with van der Waals surface area (Å²) in [4.78, 5) is 14.6. The molecule has 2 nitrogen and oxygen atoms in total. The summed E-state index contributed by atoms with van der Waals surface area (Å²) in [6, 6.07) is 9.50. The summed E-state index contributed by atoms with van der Waals surface area (Å²) in [5.74, 6) is 0. The van der Waals surface area contributed by atoms with Crippen LogP contribution in [0, 0.1) is 0 Å². The number of benzene rings is 1. The largest absolute Gasteiger partial charge is 0.298 e. The molecule has 0 radical (unpaired) electrons. The Kier molecular flexibility index (Phi) is 3.32. The number of carbonyl (C=O) groups excluding carboxylic acids is 1. The highest BCUT2D eigenvalue weighted by atomic mass is 35.5. The van der Waals surface area contributed by atoms with Crippen molar-refractivity contribution in [1.82, 2.24) is 4.98 Å². The average molecular weight is 232 g/mol. The van der Waals surface area contributed by atoms with Crippen LogP contribution in [0.2, 0.25) is 5.02 Å². The average Bonchev–Trinajstić information content (AvgIpc) is 2.29. The maximum absolute atomic E-state index is 10.6. The van der Waals surface area contributed by atoms with Crippen LogP contribution in [0.15, 0.2) is 42.7 Å². The molecule has 0 N–H and O–H groups in total. The predicted octanol–water partition coefficient (Wildman–Crippen LogP) is 3.14. The van der Waals surface area contributed by atoms with Gasteiger partial charge in [-0.1, -0.05) is 23.7 Å². The zero-order valence-corrected chi connectivity index (χ0v) is 9.32. The van der Waals surface area contributed by atoms with Crippen LogP contribution in [0.3, 0.4) is 0 Å². The Morgan fingerprint density at radius 3 is 2.81 bits per heavy atom. The van der Waals surface area contributed by atoms with E-state index in [0.717, 1.165) is 28.9 Å². The molecule has 1 aromatic heterocycles. The second-order valence-electron chi connectivity index (χ2n) is 3.55. The molecule has 16 heavy (non-hydrogen) atoms. The van der Waals surface area contributed by atoms with Gasteiger partial charge >= 0.3 is 0 Å². The molecule has 0 aliphatic heterocycles. The molecule has 0 fully saturated rings. The zero-order chi connectivity index (χ0) is 11.4. The zero-order valence-electron chi connectivity index (χ0n) is 8.56. The highest BCUT2D eigenvalue weighted by molar-refractivity contribution is 6.30. The molecule has 80 valence electrons. The molecule has 0 aliphatic rings. The molecule has 1 heterocycles. The first-order valence-corrected chi connectivity index (χ1v) is 5.29. The second kappa shape index (κ2) is 4.90. The van der Waals surface area contributed by atoms with Crippen LogP contribution in [-0.4, -0.2) is 11.3 Å². The van der Waals surface area contributed by atoms with Gasteiger partial charge in [0.15, 0.2) is 6.29 Å². The molecule has 3 heteroatoms. The molecule has 0 bridgehead atoms. The van der Waals surface area contributed by atoms with Crippen molar-refractivity contribution < 1.29 is 4.79 Å². The highest BCUT2D eigenvalue weighted by Crippen LogP contribution is 2.14. The normalized spacial score (nSPS) is 10.1. The third kappa shape index (κ3) is 2.67. The lowest BCUT2D eigenvalue weighted by atomic mass is 10.1. The maximum atomic E-state index is 10.6. The minimum absolute atomic E-state index is 0.597. The molecule has 0 atom stereocenters. The number of aromatic nitrogens is 1. The van der Waals surface area contributed by atoms with Crippen molar-refractivity contribution >= 4 is 17.9 Å². The SMILES string of the molecule is O=Cc1cncc(Cc2cccc(Cl)c2)c1. The maximum Gasteiger partial charge on any atom is 0.151 e. The van der Waals surface area contributed by atoms with Crippen molar-refractivity contribution in [3.05, 3.63) is 64.4 Å². The van der Waals surface area contributed by atoms with Gasteiger partial charge in [-0.15, -0.1) is 0 Å². The third-order valence-electron chi connectivity index (χ3n) is 2.25. The van der Waals surface area contributed by atoms with Crippen LogP contribution in [-0.2, 0) is 6.42 Å². The standard InChI is InChI=1S/C13H10ClNO/c14-13-3-1-2-10(6-13)4-11-5-12(9-16)8-15-7-11/h1-3,5-9H,4H2. The van der Waals surface area contributed by atoms with Crippen LogP contribution >= 0.6 is 11.6 Å². The first kappa shape index (κ1) is 10.8. The van der Waals surface area contributed by atoms with E-state index < -0.39 is 0 Å². The summed E-state index contributed by atoms with van der Waals surface area (Å²) in [6.45, 7) is 0. The second-order valence-corrected chi connectivity index (χ2v) is 3.99. The Balaban J connectivity index is 2.23. The van der Waals surface area contributed by atoms with E-state index in [2.05, 4.69) is 4.98 Å². The predicted molar refractivity (Wildman–Crippen MR) is 63.9 cm³/mol. The molecule has 1 aromatic carbocycles. The van der Waals surface area contributed by atoms with E-state index in [0.29, 0.717) is 5.56 Å². The Bertz CT molecular complexity index is 511. The van der Waals surface area contributed by atoms with Gasteiger partial charge in [0.25, 0.3) is 0 Å². The number of nitrogens with zero attached hydrogens (tertiary/aromatic N) is 1. The van der Waals surface area contributed by atoms with Crippen molar-refractivity contribution in [3.8, 4) is 0 Å². The topological polar surface area (TPSA) is 30.0 Å². The van der Waals surface area contributed by atoms with Crippen molar-refractivity contribution in [1.29, 1.82) is 0 Å². The number of rotatable bonds is 3. The lowest BCUT2D eigenvalue weighted by Gasteiger charge is -2.02. The Morgan fingerprint density at radius 2 is 2.06 bits per heavy atom. The lowest BCUT2D eigenvalue weighted by Crippen LogP contribution is -1.91. The van der Waals surface area contributed by atoms with E-state index in [9.17, 15) is 4.79 Å². The van der Waals surface area contributed by atoms with Crippen LogP contribution in [0.5, 0.6) is 0 Å². The molecule has 0 saturated heterocycles. The van der Waals surface area contributed by atoms with Crippen LogP contribution in [0.4, 0.5) is 0 Å². The molecule has 0 unspecified atom stereocenters. The fourth-order valence-electron chi connectivity index (χ4n) is 1.55. The minimum Gasteiger partial charge on any atom is -0.298 e. The molecule has 0 saturated carbocycles. The van der Waals surface area contributed by atoms with Crippen molar-refractivity contribution in [3.63, 3.8) is 0 Å². The fraction of sp³-hybridized carbons (Fsp3) is 0.0769. The van der Waals surface area contributed by atoms with Crippen molar-refractivity contribution in [2.45, 2.75) is 6.42 Å². The van der Waals surface area contributed by atoms with E-state index in [1.807, 2.05) is 30.3 Å². The van der Waals surface area contributed by atoms with Gasteiger partial charge in [0.05, 0.1) is 0 Å². The molecule has 2 aromatic rings. The summed E-state index contributed by atoms with van der Waals surface area (Å²) in [5, 5.41) is 0.719. The van der Waals surface area contributed by atoms with Gasteiger partial charge in [0, 0.05) is 23.0 Å². The molecular weight excluding hydrogens is 222 g/mol. The monoisotopic (exact) mass is 231 g/mol. The van der Waals surface area contributed by atoms with Crippen LogP contribution < -0.4 is 0 Å². The summed E-state index contributed by atoms with van der Waals surface area (Å²) >= 11 is 5.90. The molecule has 0 amide bonds. The number of halogens is 1. The summed E-state index contributed by atoms with van der Waals surface area (Å²) in [6.07, 6.45) is 4.84. The first-order valence-electron chi connectivity index (χ1n) is 4.91. The molecular formula is C13H10ClNO. The quantitative estimate of drug-likeness (QED) is 0.760. The fourth-order valence-corrected chi connectivity index (χ4v) is 1.76. The smallest absolute Gasteiger partial charge is 0.151 e. The van der Waals surface area contributed by atoms with Gasteiger partial charge < -0.3 is 0 Å². The Morgan fingerprint density at radius 1 is 1.19 bits per heavy atom. The number of pyridine rings is 1. The number of hydrogen-bond acceptors (Lipinski definition) is 2. The van der Waals surface area contributed by atoms with Gasteiger partial charge in [0.1, 0.15) is 0 Å². The van der Waals surface area contributed by atoms with Crippen LogP contribution in [0.25, 0.3) is 0 Å². The van der Waals surface area contributed by atoms with E-state index in [1.165, 1.54) is 0 Å². The van der Waals surface area contributed by atoms with Crippen molar-refractivity contribution in [2.24, 2.45) is 0 Å². The highest BCUT2D eigenvalue weighted by Gasteiger charge is 1.99. The summed E-state index contributed by atoms with van der Waals surface area (Å²) in [5.41, 5.74) is 2.71. The Hall–Kier alpha value is -1.67. The summed E-state index contributed by atoms with van der Waals surface area (Å²) < 4.78 is 0. The molecule has 2 rings (SSSR count). The van der Waals surface area contributed by atoms with Crippen LogP contribution in [0.1, 0.15) is 21.5 Å². The molecule has 0 aliphatic carbocycles. The van der Waals surface area contributed by atoms with Gasteiger partial charge in [-0.2, -0.15) is 0 Å². The van der Waals surface area contributed by atoms with Crippen molar-refractivity contribution in [2.75, 3.05) is 0 Å². The minimum atomic E-state index is 0.597. The number of carbonyl (C=O) groups is 1. The Labute approximate surface area is 98.9 Å². The van der Waals surface area contributed by atoms with E-state index in [-0.39, 0.29) is 0 Å². The number of hydrogen-bond donors (Lipinski definition) is 0.